The van der Waals surface area contributed by atoms with Crippen molar-refractivity contribution in [3.05, 3.63) is 101 Å². The third-order valence-electron chi connectivity index (χ3n) is 7.27. The number of carbonyl (C=O) groups is 4. The molecule has 42 heavy (non-hydrogen) atoms. The zero-order chi connectivity index (χ0) is 30.0. The van der Waals surface area contributed by atoms with Gasteiger partial charge in [0, 0.05) is 44.1 Å². The molecule has 0 radical (unpaired) electrons. The number of fused-ring (bicyclic) bond motifs is 1. The molecule has 0 saturated carbocycles. The first-order valence-corrected chi connectivity index (χ1v) is 13.1. The first-order chi connectivity index (χ1) is 20.0. The molecule has 9 nitrogen and oxygen atoms in total. The van der Waals surface area contributed by atoms with Crippen molar-refractivity contribution in [2.24, 2.45) is 0 Å². The highest BCUT2D eigenvalue weighted by Crippen LogP contribution is 2.29. The molecule has 0 spiro atoms. The van der Waals surface area contributed by atoms with E-state index in [1.54, 1.807) is 47.2 Å². The Kier molecular flexibility index (Phi) is 7.90. The Labute approximate surface area is 238 Å². The summed E-state index contributed by atoms with van der Waals surface area (Å²) in [5.41, 5.74) is 0.666. The van der Waals surface area contributed by atoms with Gasteiger partial charge in [0.05, 0.1) is 33.8 Å². The molecule has 4 aromatic rings. The molecule has 2 amide bonds. The van der Waals surface area contributed by atoms with E-state index in [0.29, 0.717) is 24.2 Å². The number of benzene rings is 2. The lowest BCUT2D eigenvalue weighted by atomic mass is 9.99. The van der Waals surface area contributed by atoms with Crippen LogP contribution in [0.3, 0.4) is 0 Å². The number of aromatic amines is 1. The molecule has 0 unspecified atom stereocenters. The van der Waals surface area contributed by atoms with E-state index in [1.165, 1.54) is 30.6 Å². The number of alkyl halides is 3. The number of rotatable bonds is 7. The number of Topliss-reactive ketones (excluding diaryl/α,β-unsaturated/α-hetero) is 2. The summed E-state index contributed by atoms with van der Waals surface area (Å²) in [6.45, 7) is 0.819. The molecular formula is C30H26F3N5O4. The van der Waals surface area contributed by atoms with Gasteiger partial charge in [-0.1, -0.05) is 30.3 Å². The van der Waals surface area contributed by atoms with E-state index in [0.717, 1.165) is 12.1 Å². The van der Waals surface area contributed by atoms with Gasteiger partial charge in [0.1, 0.15) is 0 Å². The number of aromatic nitrogens is 2. The Morgan fingerprint density at radius 3 is 2.38 bits per heavy atom. The molecule has 0 bridgehead atoms. The standard InChI is InChI=1S/C30H26F3N5O4/c1-37-13-14-38(29(42)19-5-3-2-4-6-19)17-23(37)27(40)26(39)22-16-35-24-21(11-12-34-25(22)24)28(41)36-15-18-7-9-20(10-8-18)30(31,32)33/h2-12,16,23,35H,13-15,17H2,1H3,(H,36,41)/t23-/m1/s1. The van der Waals surface area contributed by atoms with E-state index < -0.39 is 35.3 Å². The third kappa shape index (κ3) is 5.79. The summed E-state index contributed by atoms with van der Waals surface area (Å²) in [7, 11) is 1.72. The minimum absolute atomic E-state index is 0.00713. The molecule has 2 aromatic carbocycles. The van der Waals surface area contributed by atoms with Crippen LogP contribution < -0.4 is 5.32 Å². The van der Waals surface area contributed by atoms with Crippen LogP contribution in [0.1, 0.15) is 42.2 Å². The number of hydrogen-bond donors (Lipinski definition) is 2. The second-order valence-corrected chi connectivity index (χ2v) is 9.97. The number of halogens is 3. The van der Waals surface area contributed by atoms with E-state index in [9.17, 15) is 32.3 Å². The Hall–Kier alpha value is -4.84. The highest BCUT2D eigenvalue weighted by Gasteiger charge is 2.37. The van der Waals surface area contributed by atoms with Gasteiger partial charge >= 0.3 is 6.18 Å². The zero-order valence-corrected chi connectivity index (χ0v) is 22.4. The minimum Gasteiger partial charge on any atom is -0.358 e. The number of carbonyl (C=O) groups excluding carboxylic acids is 4. The lowest BCUT2D eigenvalue weighted by Gasteiger charge is -2.38. The van der Waals surface area contributed by atoms with Crippen LogP contribution in [0.4, 0.5) is 13.2 Å². The molecule has 2 aromatic heterocycles. The summed E-state index contributed by atoms with van der Waals surface area (Å²) >= 11 is 0. The Morgan fingerprint density at radius 2 is 1.69 bits per heavy atom. The molecule has 1 saturated heterocycles. The zero-order valence-electron chi connectivity index (χ0n) is 22.4. The van der Waals surface area contributed by atoms with Crippen molar-refractivity contribution in [1.82, 2.24) is 25.1 Å². The van der Waals surface area contributed by atoms with Gasteiger partial charge in [-0.2, -0.15) is 13.2 Å². The second-order valence-electron chi connectivity index (χ2n) is 9.97. The van der Waals surface area contributed by atoms with Gasteiger partial charge < -0.3 is 15.2 Å². The van der Waals surface area contributed by atoms with Gasteiger partial charge in [-0.25, -0.2) is 0 Å². The molecule has 3 heterocycles. The van der Waals surface area contributed by atoms with Crippen molar-refractivity contribution < 1.29 is 32.3 Å². The van der Waals surface area contributed by atoms with Crippen molar-refractivity contribution in [1.29, 1.82) is 0 Å². The first-order valence-electron chi connectivity index (χ1n) is 13.1. The molecular weight excluding hydrogens is 551 g/mol. The fraction of sp³-hybridized carbons (Fsp3) is 0.233. The smallest absolute Gasteiger partial charge is 0.358 e. The molecule has 1 fully saturated rings. The molecule has 5 rings (SSSR count). The first kappa shape index (κ1) is 28.7. The van der Waals surface area contributed by atoms with Crippen molar-refractivity contribution in [3.63, 3.8) is 0 Å². The Balaban J connectivity index is 1.30. The van der Waals surface area contributed by atoms with Gasteiger partial charge in [0.25, 0.3) is 11.8 Å². The van der Waals surface area contributed by atoms with E-state index in [2.05, 4.69) is 15.3 Å². The van der Waals surface area contributed by atoms with Gasteiger partial charge in [-0.3, -0.25) is 29.1 Å². The van der Waals surface area contributed by atoms with Gasteiger partial charge in [0.2, 0.25) is 11.6 Å². The number of likely N-dealkylation sites (N-methyl/N-ethyl adjacent to an activating group) is 1. The predicted octanol–water partition coefficient (Wildman–Crippen LogP) is 3.72. The molecule has 1 aliphatic heterocycles. The Bertz CT molecular complexity index is 1650. The lowest BCUT2D eigenvalue weighted by Crippen LogP contribution is -2.57. The number of nitrogens with zero attached hydrogens (tertiary/aromatic N) is 3. The van der Waals surface area contributed by atoms with Gasteiger partial charge in [-0.15, -0.1) is 0 Å². The fourth-order valence-electron chi connectivity index (χ4n) is 4.86. The number of piperazine rings is 1. The third-order valence-corrected chi connectivity index (χ3v) is 7.27. The van der Waals surface area contributed by atoms with Crippen LogP contribution in [0, 0.1) is 0 Å². The van der Waals surface area contributed by atoms with Crippen LogP contribution in [-0.4, -0.2) is 75.9 Å². The summed E-state index contributed by atoms with van der Waals surface area (Å²) in [5.74, 6) is -2.28. The number of hydrogen-bond acceptors (Lipinski definition) is 6. The van der Waals surface area contributed by atoms with Crippen LogP contribution >= 0.6 is 0 Å². The SMILES string of the molecule is CN1CCN(C(=O)c2ccccc2)C[C@@H]1C(=O)C(=O)c1c[nH]c2c(C(=O)NCc3ccc(C(F)(F)F)cc3)ccnc12. The summed E-state index contributed by atoms with van der Waals surface area (Å²) in [6.07, 6.45) is -1.81. The number of amides is 2. The van der Waals surface area contributed by atoms with E-state index in [4.69, 9.17) is 0 Å². The predicted molar refractivity (Wildman–Crippen MR) is 147 cm³/mol. The van der Waals surface area contributed by atoms with E-state index in [-0.39, 0.29) is 41.2 Å². The van der Waals surface area contributed by atoms with Crippen molar-refractivity contribution >= 4 is 34.4 Å². The van der Waals surface area contributed by atoms with Crippen LogP contribution in [-0.2, 0) is 17.5 Å². The van der Waals surface area contributed by atoms with Crippen LogP contribution in [0.25, 0.3) is 11.0 Å². The van der Waals surface area contributed by atoms with Crippen LogP contribution in [0.15, 0.2) is 73.1 Å². The summed E-state index contributed by atoms with van der Waals surface area (Å²) in [4.78, 5) is 63.0. The number of ketones is 2. The molecule has 216 valence electrons. The summed E-state index contributed by atoms with van der Waals surface area (Å²) < 4.78 is 38.4. The largest absolute Gasteiger partial charge is 0.416 e. The average molecular weight is 578 g/mol. The molecule has 2 N–H and O–H groups in total. The second kappa shape index (κ2) is 11.6. The topological polar surface area (TPSA) is 115 Å². The maximum atomic E-state index is 13.4. The Morgan fingerprint density at radius 1 is 0.976 bits per heavy atom. The maximum absolute atomic E-state index is 13.4. The van der Waals surface area contributed by atoms with E-state index >= 15 is 0 Å². The molecule has 1 atom stereocenters. The van der Waals surface area contributed by atoms with Crippen LogP contribution in [0.5, 0.6) is 0 Å². The lowest BCUT2D eigenvalue weighted by molar-refractivity contribution is -0.137. The fourth-order valence-corrected chi connectivity index (χ4v) is 4.86. The van der Waals surface area contributed by atoms with Crippen LogP contribution in [0.2, 0.25) is 0 Å². The van der Waals surface area contributed by atoms with Crippen molar-refractivity contribution in [2.45, 2.75) is 18.8 Å². The number of H-pyrrole nitrogens is 1. The average Bonchev–Trinajstić information content (AvgIpc) is 3.43. The van der Waals surface area contributed by atoms with Crippen molar-refractivity contribution in [3.8, 4) is 0 Å². The molecule has 1 aliphatic rings. The summed E-state index contributed by atoms with van der Waals surface area (Å²) in [6, 6.07) is 13.7. The van der Waals surface area contributed by atoms with Gasteiger partial charge in [0.15, 0.2) is 0 Å². The molecule has 0 aliphatic carbocycles. The van der Waals surface area contributed by atoms with Gasteiger partial charge in [-0.05, 0) is 42.9 Å². The highest BCUT2D eigenvalue weighted by atomic mass is 19.4. The minimum atomic E-state index is -4.46. The number of pyridine rings is 1. The molecule has 12 heteroatoms. The number of nitrogens with one attached hydrogen (secondary N) is 2. The quantitative estimate of drug-likeness (QED) is 0.256. The summed E-state index contributed by atoms with van der Waals surface area (Å²) in [5, 5.41) is 2.65. The van der Waals surface area contributed by atoms with Crippen molar-refractivity contribution in [2.75, 3.05) is 26.7 Å². The monoisotopic (exact) mass is 577 g/mol. The normalized spacial score (nSPS) is 15.9. The highest BCUT2D eigenvalue weighted by molar-refractivity contribution is 6.47. The maximum Gasteiger partial charge on any atom is 0.416 e. The van der Waals surface area contributed by atoms with E-state index in [1.807, 2.05) is 0 Å².